The van der Waals surface area contributed by atoms with Gasteiger partial charge in [0.1, 0.15) is 5.75 Å². The maximum atomic E-state index is 12.0. The first-order chi connectivity index (χ1) is 10.1. The van der Waals surface area contributed by atoms with Gasteiger partial charge in [-0.2, -0.15) is 0 Å². The van der Waals surface area contributed by atoms with Crippen LogP contribution in [0.15, 0.2) is 24.3 Å². The van der Waals surface area contributed by atoms with Gasteiger partial charge in [-0.05, 0) is 44.0 Å². The number of hydrogen-bond acceptors (Lipinski definition) is 3. The topological polar surface area (TPSA) is 75.3 Å². The van der Waals surface area contributed by atoms with E-state index in [4.69, 9.17) is 11.6 Å². The van der Waals surface area contributed by atoms with Gasteiger partial charge < -0.3 is 5.32 Å². The van der Waals surface area contributed by atoms with Crippen molar-refractivity contribution in [2.24, 2.45) is 5.92 Å². The SMILES string of the molecule is CNS(=O)(=O)CC(=O)N[C@](C)(Cc1ccc(Cl)cc1)C(C)C. The first kappa shape index (κ1) is 18.9. The van der Waals surface area contributed by atoms with Crippen LogP contribution >= 0.6 is 11.6 Å². The third-order valence-corrected chi connectivity index (χ3v) is 5.33. The van der Waals surface area contributed by atoms with Crippen LogP contribution in [-0.2, 0) is 21.2 Å². The van der Waals surface area contributed by atoms with Crippen molar-refractivity contribution in [2.75, 3.05) is 12.8 Å². The molecule has 0 aliphatic heterocycles. The van der Waals surface area contributed by atoms with Crippen molar-refractivity contribution in [2.45, 2.75) is 32.7 Å². The number of amides is 1. The zero-order valence-corrected chi connectivity index (χ0v) is 14.9. The van der Waals surface area contributed by atoms with E-state index in [1.54, 1.807) is 12.1 Å². The molecule has 0 heterocycles. The highest BCUT2D eigenvalue weighted by molar-refractivity contribution is 7.90. The molecule has 0 aliphatic carbocycles. The zero-order chi connectivity index (χ0) is 17.0. The van der Waals surface area contributed by atoms with E-state index in [-0.39, 0.29) is 5.92 Å². The normalized spacial score (nSPS) is 14.6. The minimum Gasteiger partial charge on any atom is -0.349 e. The molecule has 2 N–H and O–H groups in total. The van der Waals surface area contributed by atoms with Crippen molar-refractivity contribution in [1.82, 2.24) is 10.0 Å². The van der Waals surface area contributed by atoms with Crippen LogP contribution in [-0.4, -0.2) is 32.7 Å². The molecule has 0 spiro atoms. The minimum absolute atomic E-state index is 0.129. The first-order valence-corrected chi connectivity index (χ1v) is 9.07. The van der Waals surface area contributed by atoms with Gasteiger partial charge in [0.15, 0.2) is 0 Å². The lowest BCUT2D eigenvalue weighted by molar-refractivity contribution is -0.120. The first-order valence-electron chi connectivity index (χ1n) is 7.04. The van der Waals surface area contributed by atoms with Crippen molar-refractivity contribution < 1.29 is 13.2 Å². The largest absolute Gasteiger partial charge is 0.349 e. The van der Waals surface area contributed by atoms with Gasteiger partial charge in [0.25, 0.3) is 0 Å². The molecular formula is C15H23ClN2O3S. The summed E-state index contributed by atoms with van der Waals surface area (Å²) in [6, 6.07) is 7.40. The number of nitrogens with one attached hydrogen (secondary N) is 2. The fourth-order valence-electron chi connectivity index (χ4n) is 2.02. The second-order valence-corrected chi connectivity index (χ2v) is 8.25. The van der Waals surface area contributed by atoms with E-state index < -0.39 is 27.2 Å². The Morgan fingerprint density at radius 2 is 1.82 bits per heavy atom. The van der Waals surface area contributed by atoms with Gasteiger partial charge >= 0.3 is 0 Å². The molecule has 7 heteroatoms. The smallest absolute Gasteiger partial charge is 0.237 e. The lowest BCUT2D eigenvalue weighted by Crippen LogP contribution is -2.53. The van der Waals surface area contributed by atoms with E-state index >= 15 is 0 Å². The molecule has 1 rings (SSSR count). The molecule has 0 saturated heterocycles. The predicted octanol–water partition coefficient (Wildman–Crippen LogP) is 1.96. The van der Waals surface area contributed by atoms with Gasteiger partial charge in [0.05, 0.1) is 0 Å². The maximum absolute atomic E-state index is 12.0. The molecule has 0 saturated carbocycles. The summed E-state index contributed by atoms with van der Waals surface area (Å²) in [5.41, 5.74) is 0.478. The maximum Gasteiger partial charge on any atom is 0.237 e. The number of benzene rings is 1. The Bertz CT molecular complexity index is 614. The lowest BCUT2D eigenvalue weighted by atomic mass is 9.82. The third kappa shape index (κ3) is 5.59. The second kappa shape index (κ2) is 7.44. The lowest BCUT2D eigenvalue weighted by Gasteiger charge is -2.35. The van der Waals surface area contributed by atoms with Crippen LogP contribution < -0.4 is 10.0 Å². The molecule has 0 unspecified atom stereocenters. The second-order valence-electron chi connectivity index (χ2n) is 5.89. The van der Waals surface area contributed by atoms with Crippen LogP contribution in [0.2, 0.25) is 5.02 Å². The van der Waals surface area contributed by atoms with E-state index in [1.165, 1.54) is 7.05 Å². The average molecular weight is 347 g/mol. The molecule has 0 fully saturated rings. The minimum atomic E-state index is -3.57. The van der Waals surface area contributed by atoms with Gasteiger partial charge in [0.2, 0.25) is 15.9 Å². The van der Waals surface area contributed by atoms with E-state index in [1.807, 2.05) is 32.9 Å². The average Bonchev–Trinajstić information content (AvgIpc) is 2.40. The predicted molar refractivity (Wildman–Crippen MR) is 89.4 cm³/mol. The molecule has 1 aromatic rings. The van der Waals surface area contributed by atoms with Crippen LogP contribution in [0.5, 0.6) is 0 Å². The van der Waals surface area contributed by atoms with Crippen molar-refractivity contribution in [1.29, 1.82) is 0 Å². The number of halogens is 1. The van der Waals surface area contributed by atoms with E-state index in [0.29, 0.717) is 11.4 Å². The summed E-state index contributed by atoms with van der Waals surface area (Å²) >= 11 is 5.87. The monoisotopic (exact) mass is 346 g/mol. The molecule has 0 bridgehead atoms. The van der Waals surface area contributed by atoms with Gasteiger partial charge in [-0.15, -0.1) is 0 Å². The molecular weight excluding hydrogens is 324 g/mol. The molecule has 5 nitrogen and oxygen atoms in total. The summed E-state index contributed by atoms with van der Waals surface area (Å²) in [5, 5.41) is 3.51. The number of sulfonamides is 1. The quantitative estimate of drug-likeness (QED) is 0.792. The van der Waals surface area contributed by atoms with Crippen molar-refractivity contribution in [3.63, 3.8) is 0 Å². The highest BCUT2D eigenvalue weighted by atomic mass is 35.5. The van der Waals surface area contributed by atoms with Gasteiger partial charge in [-0.1, -0.05) is 37.6 Å². The van der Waals surface area contributed by atoms with Gasteiger partial charge in [-0.3, -0.25) is 4.79 Å². The van der Waals surface area contributed by atoms with Gasteiger partial charge in [-0.25, -0.2) is 13.1 Å². The number of carbonyl (C=O) groups is 1. The molecule has 1 amide bonds. The number of carbonyl (C=O) groups excluding carboxylic acids is 1. The van der Waals surface area contributed by atoms with Crippen LogP contribution in [0.4, 0.5) is 0 Å². The van der Waals surface area contributed by atoms with Crippen molar-refractivity contribution in [3.8, 4) is 0 Å². The molecule has 22 heavy (non-hydrogen) atoms. The Morgan fingerprint density at radius 3 is 2.27 bits per heavy atom. The van der Waals surface area contributed by atoms with Crippen molar-refractivity contribution in [3.05, 3.63) is 34.9 Å². The Kier molecular flexibility index (Phi) is 6.40. The summed E-state index contributed by atoms with van der Waals surface area (Å²) < 4.78 is 25.1. The Hall–Kier alpha value is -1.11. The Labute approximate surface area is 137 Å². The number of rotatable bonds is 7. The fourth-order valence-corrected chi connectivity index (χ4v) is 2.71. The molecule has 0 aromatic heterocycles. The molecule has 1 aromatic carbocycles. The highest BCUT2D eigenvalue weighted by Gasteiger charge is 2.31. The molecule has 0 aliphatic rings. The molecule has 1 atom stereocenters. The summed E-state index contributed by atoms with van der Waals surface area (Å²) in [5.74, 6) is -0.962. The summed E-state index contributed by atoms with van der Waals surface area (Å²) in [4.78, 5) is 12.0. The standard InChI is InChI=1S/C15H23ClN2O3S/c1-11(2)15(3,9-12-5-7-13(16)8-6-12)18-14(19)10-22(20,21)17-4/h5-8,11,17H,9-10H2,1-4H3,(H,18,19)/t15-/m1/s1. The van der Waals surface area contributed by atoms with Crippen LogP contribution in [0.1, 0.15) is 26.3 Å². The van der Waals surface area contributed by atoms with Crippen molar-refractivity contribution >= 4 is 27.5 Å². The Morgan fingerprint density at radius 1 is 1.27 bits per heavy atom. The highest BCUT2D eigenvalue weighted by Crippen LogP contribution is 2.23. The van der Waals surface area contributed by atoms with E-state index in [2.05, 4.69) is 10.0 Å². The fraction of sp³-hybridized carbons (Fsp3) is 0.533. The molecule has 0 radical (unpaired) electrons. The summed E-state index contributed by atoms with van der Waals surface area (Å²) in [6.45, 7) is 5.89. The van der Waals surface area contributed by atoms with Crippen LogP contribution in [0.3, 0.4) is 0 Å². The van der Waals surface area contributed by atoms with E-state index in [0.717, 1.165) is 5.56 Å². The van der Waals surface area contributed by atoms with Gasteiger partial charge in [0, 0.05) is 10.6 Å². The van der Waals surface area contributed by atoms with Crippen LogP contribution in [0.25, 0.3) is 0 Å². The summed E-state index contributed by atoms with van der Waals surface area (Å²) in [6.07, 6.45) is 0.590. The van der Waals surface area contributed by atoms with E-state index in [9.17, 15) is 13.2 Å². The zero-order valence-electron chi connectivity index (χ0n) is 13.3. The Balaban J connectivity index is 2.87. The summed E-state index contributed by atoms with van der Waals surface area (Å²) in [7, 11) is -2.29. The number of hydrogen-bond donors (Lipinski definition) is 2. The molecule has 124 valence electrons. The third-order valence-electron chi connectivity index (χ3n) is 3.82. The van der Waals surface area contributed by atoms with Crippen LogP contribution in [0, 0.1) is 5.92 Å².